The molecule has 2 aliphatic rings. The van der Waals surface area contributed by atoms with Gasteiger partial charge in [-0.3, -0.25) is 4.79 Å². The highest BCUT2D eigenvalue weighted by molar-refractivity contribution is 5.81. The number of carbonyl (C=O) groups is 1. The van der Waals surface area contributed by atoms with E-state index in [9.17, 15) is 4.79 Å². The molecular weight excluding hydrogens is 386 g/mol. The van der Waals surface area contributed by atoms with Crippen LogP contribution in [0, 0.1) is 6.92 Å². The van der Waals surface area contributed by atoms with Crippen LogP contribution in [0.25, 0.3) is 11.0 Å². The average Bonchev–Trinajstić information content (AvgIpc) is 3.51. The number of benzene rings is 2. The first-order valence-electron chi connectivity index (χ1n) is 11.6. The zero-order valence-electron chi connectivity index (χ0n) is 18.3. The number of amides is 1. The summed E-state index contributed by atoms with van der Waals surface area (Å²) in [5.41, 5.74) is 3.33. The molecule has 2 aromatic carbocycles. The van der Waals surface area contributed by atoms with Crippen molar-refractivity contribution in [2.24, 2.45) is 0 Å². The molecule has 1 aromatic heterocycles. The van der Waals surface area contributed by atoms with Gasteiger partial charge >= 0.3 is 0 Å². The second kappa shape index (κ2) is 8.74. The molecule has 0 N–H and O–H groups in total. The first kappa shape index (κ1) is 20.1. The molecule has 1 saturated heterocycles. The number of para-hydroxylation sites is 3. The Morgan fingerprint density at radius 1 is 1.06 bits per heavy atom. The maximum atomic E-state index is 12.8. The van der Waals surface area contributed by atoms with Crippen molar-refractivity contribution in [3.8, 4) is 5.75 Å². The molecule has 1 atom stereocenters. The van der Waals surface area contributed by atoms with Crippen LogP contribution in [-0.2, 0) is 11.3 Å². The fourth-order valence-corrected chi connectivity index (χ4v) is 5.24. The molecule has 2 fully saturated rings. The van der Waals surface area contributed by atoms with Gasteiger partial charge in [0.15, 0.2) is 0 Å². The molecule has 5 nitrogen and oxygen atoms in total. The summed E-state index contributed by atoms with van der Waals surface area (Å²) in [6, 6.07) is 16.9. The molecule has 31 heavy (non-hydrogen) atoms. The number of likely N-dealkylation sites (tertiary alicyclic amines) is 1. The van der Waals surface area contributed by atoms with Gasteiger partial charge in [-0.15, -0.1) is 0 Å². The van der Waals surface area contributed by atoms with E-state index >= 15 is 0 Å². The lowest BCUT2D eigenvalue weighted by molar-refractivity contribution is -0.129. The summed E-state index contributed by atoms with van der Waals surface area (Å²) in [4.78, 5) is 19.9. The highest BCUT2D eigenvalue weighted by atomic mass is 16.5. The summed E-state index contributed by atoms with van der Waals surface area (Å²) in [5, 5.41) is 0. The maximum Gasteiger partial charge on any atom is 0.223 e. The summed E-state index contributed by atoms with van der Waals surface area (Å²) in [6.45, 7) is 4.39. The molecule has 0 spiro atoms. The van der Waals surface area contributed by atoms with Gasteiger partial charge in [0, 0.05) is 31.5 Å². The van der Waals surface area contributed by atoms with Gasteiger partial charge in [-0.2, -0.15) is 0 Å². The fraction of sp³-hybridized carbons (Fsp3) is 0.462. The molecular formula is C26H31N3O2. The highest BCUT2D eigenvalue weighted by Crippen LogP contribution is 2.35. The van der Waals surface area contributed by atoms with E-state index in [4.69, 9.17) is 9.72 Å². The number of aromatic nitrogens is 2. The van der Waals surface area contributed by atoms with Crippen LogP contribution < -0.4 is 4.74 Å². The van der Waals surface area contributed by atoms with Gasteiger partial charge in [-0.05, 0) is 49.9 Å². The number of aryl methyl sites for hydroxylation is 2. The van der Waals surface area contributed by atoms with Gasteiger partial charge in [0.05, 0.1) is 17.6 Å². The largest absolute Gasteiger partial charge is 0.493 e. The lowest BCUT2D eigenvalue weighted by Crippen LogP contribution is -2.34. The molecule has 2 heterocycles. The van der Waals surface area contributed by atoms with E-state index in [1.165, 1.54) is 12.8 Å². The highest BCUT2D eigenvalue weighted by Gasteiger charge is 2.38. The van der Waals surface area contributed by atoms with E-state index in [0.29, 0.717) is 25.0 Å². The molecule has 1 aliphatic heterocycles. The minimum absolute atomic E-state index is 0.179. The molecule has 162 valence electrons. The third-order valence-electron chi connectivity index (χ3n) is 6.85. The molecule has 5 heteroatoms. The SMILES string of the molecule is Cc1ccccc1OCCCn1c(C2CC(=O)N(C3CCCC3)C2)nc2ccccc21. The van der Waals surface area contributed by atoms with Crippen molar-refractivity contribution < 1.29 is 9.53 Å². The van der Waals surface area contributed by atoms with Crippen molar-refractivity contribution >= 4 is 16.9 Å². The standard InChI is InChI=1S/C26H31N3O2/c1-19-9-2-7-14-24(19)31-16-8-15-28-23-13-6-5-12-22(23)27-26(28)20-17-25(30)29(18-20)21-10-3-4-11-21/h2,5-7,9,12-14,20-21H,3-4,8,10-11,15-18H2,1H3. The summed E-state index contributed by atoms with van der Waals surface area (Å²) < 4.78 is 8.34. The number of carbonyl (C=O) groups excluding carboxylic acids is 1. The van der Waals surface area contributed by atoms with Gasteiger partial charge in [-0.25, -0.2) is 4.98 Å². The van der Waals surface area contributed by atoms with Gasteiger partial charge in [0.2, 0.25) is 5.91 Å². The Hall–Kier alpha value is -2.82. The first-order valence-corrected chi connectivity index (χ1v) is 11.6. The number of nitrogens with zero attached hydrogens (tertiary/aromatic N) is 3. The van der Waals surface area contributed by atoms with E-state index in [-0.39, 0.29) is 5.92 Å². The van der Waals surface area contributed by atoms with E-state index in [0.717, 1.165) is 60.5 Å². The maximum absolute atomic E-state index is 12.8. The van der Waals surface area contributed by atoms with Crippen molar-refractivity contribution in [3.05, 3.63) is 59.9 Å². The van der Waals surface area contributed by atoms with Gasteiger partial charge < -0.3 is 14.2 Å². The van der Waals surface area contributed by atoms with Crippen molar-refractivity contribution in [3.63, 3.8) is 0 Å². The third-order valence-corrected chi connectivity index (χ3v) is 6.85. The van der Waals surface area contributed by atoms with Gasteiger partial charge in [-0.1, -0.05) is 43.2 Å². The van der Waals surface area contributed by atoms with Crippen molar-refractivity contribution in [1.82, 2.24) is 14.5 Å². The van der Waals surface area contributed by atoms with Crippen LogP contribution >= 0.6 is 0 Å². The Balaban J connectivity index is 1.32. The Bertz CT molecular complexity index is 1070. The molecule has 5 rings (SSSR count). The first-order chi connectivity index (χ1) is 15.2. The Kier molecular flexibility index (Phi) is 5.66. The summed E-state index contributed by atoms with van der Waals surface area (Å²) in [7, 11) is 0. The summed E-state index contributed by atoms with van der Waals surface area (Å²) in [6.07, 6.45) is 6.29. The summed E-state index contributed by atoms with van der Waals surface area (Å²) in [5.74, 6) is 2.49. The molecule has 0 bridgehead atoms. The zero-order chi connectivity index (χ0) is 21.2. The Labute approximate surface area is 184 Å². The minimum atomic E-state index is 0.179. The quantitative estimate of drug-likeness (QED) is 0.504. The van der Waals surface area contributed by atoms with Crippen LogP contribution in [0.1, 0.15) is 55.8 Å². The minimum Gasteiger partial charge on any atom is -0.493 e. The van der Waals surface area contributed by atoms with Crippen LogP contribution in [-0.4, -0.2) is 39.6 Å². The predicted octanol–water partition coefficient (Wildman–Crippen LogP) is 5.07. The lowest BCUT2D eigenvalue weighted by atomic mass is 10.1. The predicted molar refractivity (Wildman–Crippen MR) is 122 cm³/mol. The second-order valence-corrected chi connectivity index (χ2v) is 8.96. The summed E-state index contributed by atoms with van der Waals surface area (Å²) >= 11 is 0. The van der Waals surface area contributed by atoms with Crippen LogP contribution in [0.2, 0.25) is 0 Å². The van der Waals surface area contributed by atoms with E-state index in [1.54, 1.807) is 0 Å². The van der Waals surface area contributed by atoms with E-state index in [2.05, 4.69) is 40.7 Å². The van der Waals surface area contributed by atoms with Crippen LogP contribution in [0.15, 0.2) is 48.5 Å². The van der Waals surface area contributed by atoms with E-state index in [1.807, 2.05) is 24.3 Å². The van der Waals surface area contributed by atoms with E-state index < -0.39 is 0 Å². The van der Waals surface area contributed by atoms with Gasteiger partial charge in [0.25, 0.3) is 0 Å². The number of fused-ring (bicyclic) bond motifs is 1. The molecule has 1 aliphatic carbocycles. The fourth-order valence-electron chi connectivity index (χ4n) is 5.24. The molecule has 3 aromatic rings. The topological polar surface area (TPSA) is 47.4 Å². The number of hydrogen-bond donors (Lipinski definition) is 0. The van der Waals surface area contributed by atoms with Gasteiger partial charge in [0.1, 0.15) is 11.6 Å². The normalized spacial score (nSPS) is 19.6. The molecule has 1 saturated carbocycles. The number of rotatable bonds is 7. The average molecular weight is 418 g/mol. The second-order valence-electron chi connectivity index (χ2n) is 8.96. The number of hydrogen-bond acceptors (Lipinski definition) is 3. The van der Waals surface area contributed by atoms with Crippen molar-refractivity contribution in [2.75, 3.05) is 13.2 Å². The van der Waals surface area contributed by atoms with Crippen LogP contribution in [0.4, 0.5) is 0 Å². The Morgan fingerprint density at radius 2 is 1.84 bits per heavy atom. The Morgan fingerprint density at radius 3 is 2.68 bits per heavy atom. The molecule has 1 amide bonds. The number of imidazole rings is 1. The molecule has 0 radical (unpaired) electrons. The van der Waals surface area contributed by atoms with Crippen LogP contribution in [0.3, 0.4) is 0 Å². The third kappa shape index (κ3) is 4.06. The zero-order valence-corrected chi connectivity index (χ0v) is 18.3. The lowest BCUT2D eigenvalue weighted by Gasteiger charge is -2.24. The number of ether oxygens (including phenoxy) is 1. The van der Waals surface area contributed by atoms with Crippen molar-refractivity contribution in [2.45, 2.75) is 64.0 Å². The van der Waals surface area contributed by atoms with Crippen molar-refractivity contribution in [1.29, 1.82) is 0 Å². The van der Waals surface area contributed by atoms with Crippen LogP contribution in [0.5, 0.6) is 5.75 Å². The monoisotopic (exact) mass is 417 g/mol. The molecule has 1 unspecified atom stereocenters. The smallest absolute Gasteiger partial charge is 0.223 e.